The van der Waals surface area contributed by atoms with Gasteiger partial charge in [0, 0.05) is 5.56 Å². The molecule has 24 heavy (non-hydrogen) atoms. The predicted molar refractivity (Wildman–Crippen MR) is 90.0 cm³/mol. The maximum atomic E-state index is 13.2. The molecule has 1 N–H and O–H groups in total. The van der Waals surface area contributed by atoms with Gasteiger partial charge in [-0.1, -0.05) is 24.6 Å². The molecular weight excluding hydrogens is 307 g/mol. The van der Waals surface area contributed by atoms with Crippen molar-refractivity contribution in [1.29, 1.82) is 0 Å². The molecule has 1 heterocycles. The van der Waals surface area contributed by atoms with Crippen molar-refractivity contribution >= 4 is 5.97 Å². The maximum absolute atomic E-state index is 13.2. The van der Waals surface area contributed by atoms with Crippen molar-refractivity contribution in [2.45, 2.75) is 20.3 Å². The number of hydrogen-bond acceptors (Lipinski definition) is 2. The molecule has 5 heteroatoms. The van der Waals surface area contributed by atoms with Gasteiger partial charge in [0.25, 0.3) is 0 Å². The first-order valence-electron chi connectivity index (χ1n) is 7.69. The molecule has 0 bridgehead atoms. The number of rotatable bonds is 4. The summed E-state index contributed by atoms with van der Waals surface area (Å²) < 4.78 is 14.8. The van der Waals surface area contributed by atoms with Gasteiger partial charge in [-0.2, -0.15) is 5.10 Å². The number of aromatic carboxylic acids is 1. The van der Waals surface area contributed by atoms with Crippen molar-refractivity contribution in [2.24, 2.45) is 0 Å². The fourth-order valence-electron chi connectivity index (χ4n) is 2.71. The number of hydrogen-bond donors (Lipinski definition) is 1. The number of aryl methyl sites for hydroxylation is 1. The molecule has 0 amide bonds. The number of aromatic nitrogens is 2. The van der Waals surface area contributed by atoms with Gasteiger partial charge in [0.2, 0.25) is 0 Å². The second-order valence-electron chi connectivity index (χ2n) is 5.58. The second-order valence-corrected chi connectivity index (χ2v) is 5.58. The second kappa shape index (κ2) is 6.28. The fourth-order valence-corrected chi connectivity index (χ4v) is 2.71. The predicted octanol–water partition coefficient (Wildman–Crippen LogP) is 4.25. The summed E-state index contributed by atoms with van der Waals surface area (Å²) in [5.41, 5.74) is 3.61. The summed E-state index contributed by atoms with van der Waals surface area (Å²) in [4.78, 5) is 11.8. The highest BCUT2D eigenvalue weighted by Gasteiger charge is 2.24. The van der Waals surface area contributed by atoms with Gasteiger partial charge in [-0.15, -0.1) is 0 Å². The van der Waals surface area contributed by atoms with Crippen LogP contribution in [0.5, 0.6) is 0 Å². The molecule has 1 aromatic heterocycles. The van der Waals surface area contributed by atoms with Crippen LogP contribution in [0.4, 0.5) is 4.39 Å². The normalized spacial score (nSPS) is 10.8. The molecule has 0 radical (unpaired) electrons. The number of halogens is 1. The minimum Gasteiger partial charge on any atom is -0.478 e. The molecule has 122 valence electrons. The summed E-state index contributed by atoms with van der Waals surface area (Å²) in [5.74, 6) is -1.41. The highest BCUT2D eigenvalue weighted by Crippen LogP contribution is 2.28. The third kappa shape index (κ3) is 2.80. The molecular formula is C19H17FN2O2. The van der Waals surface area contributed by atoms with Gasteiger partial charge < -0.3 is 5.11 Å². The first-order chi connectivity index (χ1) is 11.5. The van der Waals surface area contributed by atoms with Gasteiger partial charge in [-0.25, -0.2) is 13.9 Å². The SMILES string of the molecule is CCc1c(C(=O)O)c(-c2ccc(F)cc2)nn1-c1ccc(C)cc1. The first-order valence-corrected chi connectivity index (χ1v) is 7.69. The molecule has 2 aromatic carbocycles. The van der Waals surface area contributed by atoms with Gasteiger partial charge in [0.1, 0.15) is 17.1 Å². The van der Waals surface area contributed by atoms with Gasteiger partial charge in [-0.05, 0) is 49.7 Å². The Bertz CT molecular complexity index is 881. The molecule has 3 aromatic rings. The van der Waals surface area contributed by atoms with E-state index < -0.39 is 5.97 Å². The molecule has 0 spiro atoms. The summed E-state index contributed by atoms with van der Waals surface area (Å²) >= 11 is 0. The maximum Gasteiger partial charge on any atom is 0.339 e. The van der Waals surface area contributed by atoms with E-state index in [-0.39, 0.29) is 11.4 Å². The van der Waals surface area contributed by atoms with Crippen LogP contribution in [-0.2, 0) is 6.42 Å². The smallest absolute Gasteiger partial charge is 0.339 e. The molecule has 0 fully saturated rings. The first kappa shape index (κ1) is 15.9. The van der Waals surface area contributed by atoms with E-state index in [4.69, 9.17) is 0 Å². The van der Waals surface area contributed by atoms with E-state index in [0.717, 1.165) is 11.3 Å². The average Bonchev–Trinajstić information content (AvgIpc) is 2.96. The Morgan fingerprint density at radius 3 is 2.29 bits per heavy atom. The molecule has 4 nitrogen and oxygen atoms in total. The average molecular weight is 324 g/mol. The van der Waals surface area contributed by atoms with Crippen LogP contribution in [0.15, 0.2) is 48.5 Å². The van der Waals surface area contributed by atoms with Crippen molar-refractivity contribution in [3.63, 3.8) is 0 Å². The van der Waals surface area contributed by atoms with Crippen molar-refractivity contribution in [3.8, 4) is 16.9 Å². The number of carboxylic acid groups (broad SMARTS) is 1. The highest BCUT2D eigenvalue weighted by molar-refractivity contribution is 5.96. The molecule has 0 aliphatic rings. The Morgan fingerprint density at radius 2 is 1.75 bits per heavy atom. The summed E-state index contributed by atoms with van der Waals surface area (Å²) in [6.45, 7) is 3.88. The van der Waals surface area contributed by atoms with Gasteiger partial charge in [0.05, 0.1) is 11.4 Å². The van der Waals surface area contributed by atoms with Crippen LogP contribution >= 0.6 is 0 Å². The van der Waals surface area contributed by atoms with E-state index >= 15 is 0 Å². The van der Waals surface area contributed by atoms with Crippen molar-refractivity contribution in [1.82, 2.24) is 9.78 Å². The van der Waals surface area contributed by atoms with Crippen LogP contribution in [0.25, 0.3) is 16.9 Å². The summed E-state index contributed by atoms with van der Waals surface area (Å²) in [6, 6.07) is 13.4. The van der Waals surface area contributed by atoms with E-state index in [0.29, 0.717) is 23.4 Å². The summed E-state index contributed by atoms with van der Waals surface area (Å²) in [5, 5.41) is 14.2. The minimum atomic E-state index is -1.04. The monoisotopic (exact) mass is 324 g/mol. The molecule has 0 unspecified atom stereocenters. The van der Waals surface area contributed by atoms with E-state index in [2.05, 4.69) is 5.10 Å². The molecule has 0 atom stereocenters. The zero-order chi connectivity index (χ0) is 17.3. The third-order valence-electron chi connectivity index (χ3n) is 3.93. The van der Waals surface area contributed by atoms with Crippen LogP contribution in [0.2, 0.25) is 0 Å². The highest BCUT2D eigenvalue weighted by atomic mass is 19.1. The van der Waals surface area contributed by atoms with Crippen molar-refractivity contribution in [2.75, 3.05) is 0 Å². The Balaban J connectivity index is 2.24. The Labute approximate surface area is 139 Å². The van der Waals surface area contributed by atoms with Crippen LogP contribution < -0.4 is 0 Å². The Hall–Kier alpha value is -2.95. The lowest BCUT2D eigenvalue weighted by molar-refractivity contribution is 0.0696. The molecule has 0 aliphatic carbocycles. The van der Waals surface area contributed by atoms with Gasteiger partial charge in [-0.3, -0.25) is 0 Å². The lowest BCUT2D eigenvalue weighted by Crippen LogP contribution is -2.05. The standard InChI is InChI=1S/C19H17FN2O2/c1-3-16-17(19(23)24)18(13-6-8-14(20)9-7-13)21-22(16)15-10-4-12(2)5-11-15/h4-11H,3H2,1-2H3,(H,23,24). The van der Waals surface area contributed by atoms with E-state index in [1.54, 1.807) is 16.8 Å². The molecule has 0 saturated carbocycles. The quantitative estimate of drug-likeness (QED) is 0.780. The van der Waals surface area contributed by atoms with Crippen molar-refractivity contribution < 1.29 is 14.3 Å². The fraction of sp³-hybridized carbons (Fsp3) is 0.158. The molecule has 0 saturated heterocycles. The summed E-state index contributed by atoms with van der Waals surface area (Å²) in [7, 11) is 0. The zero-order valence-corrected chi connectivity index (χ0v) is 13.5. The topological polar surface area (TPSA) is 55.1 Å². The van der Waals surface area contributed by atoms with Gasteiger partial charge >= 0.3 is 5.97 Å². The van der Waals surface area contributed by atoms with Crippen molar-refractivity contribution in [3.05, 3.63) is 71.2 Å². The number of benzene rings is 2. The van der Waals surface area contributed by atoms with Crippen LogP contribution in [0, 0.1) is 12.7 Å². The van der Waals surface area contributed by atoms with Crippen LogP contribution in [0.3, 0.4) is 0 Å². The van der Waals surface area contributed by atoms with E-state index in [9.17, 15) is 14.3 Å². The lowest BCUT2D eigenvalue weighted by Gasteiger charge is -2.06. The largest absolute Gasteiger partial charge is 0.478 e. The third-order valence-corrected chi connectivity index (χ3v) is 3.93. The number of carbonyl (C=O) groups is 1. The lowest BCUT2D eigenvalue weighted by atomic mass is 10.0. The molecule has 0 aliphatic heterocycles. The number of nitrogens with zero attached hydrogens (tertiary/aromatic N) is 2. The van der Waals surface area contributed by atoms with E-state index in [1.807, 2.05) is 38.1 Å². The van der Waals surface area contributed by atoms with Gasteiger partial charge in [0.15, 0.2) is 0 Å². The minimum absolute atomic E-state index is 0.157. The summed E-state index contributed by atoms with van der Waals surface area (Å²) in [6.07, 6.45) is 0.518. The Morgan fingerprint density at radius 1 is 1.12 bits per heavy atom. The van der Waals surface area contributed by atoms with E-state index in [1.165, 1.54) is 12.1 Å². The van der Waals surface area contributed by atoms with Crippen LogP contribution in [-0.4, -0.2) is 20.9 Å². The Kier molecular flexibility index (Phi) is 4.16. The van der Waals surface area contributed by atoms with Crippen LogP contribution in [0.1, 0.15) is 28.5 Å². The molecule has 3 rings (SSSR count). The number of carboxylic acids is 1. The zero-order valence-electron chi connectivity index (χ0n) is 13.5.